The highest BCUT2D eigenvalue weighted by molar-refractivity contribution is 5.80. The number of esters is 1. The minimum Gasteiger partial charge on any atom is -0.465 e. The summed E-state index contributed by atoms with van der Waals surface area (Å²) in [7, 11) is 0. The number of ether oxygens (including phenoxy) is 3. The van der Waals surface area contributed by atoms with Crippen LogP contribution in [0, 0.1) is 0 Å². The van der Waals surface area contributed by atoms with Gasteiger partial charge in [-0.2, -0.15) is 0 Å². The van der Waals surface area contributed by atoms with Crippen LogP contribution in [-0.4, -0.2) is 50.1 Å². The average Bonchev–Trinajstić information content (AvgIpc) is 2.41. The first-order valence-corrected chi connectivity index (χ1v) is 8.01. The minimum absolute atomic E-state index is 0.0421. The van der Waals surface area contributed by atoms with Gasteiger partial charge in [-0.3, -0.25) is 4.79 Å². The molecule has 5 nitrogen and oxygen atoms in total. The molecular weight excluding hydrogens is 270 g/mol. The van der Waals surface area contributed by atoms with Crippen molar-refractivity contribution in [1.29, 1.82) is 0 Å². The van der Waals surface area contributed by atoms with Gasteiger partial charge >= 0.3 is 5.97 Å². The fourth-order valence-corrected chi connectivity index (χ4v) is 2.09. The molecule has 0 radical (unpaired) electrons. The Labute approximate surface area is 129 Å². The number of carbonyl (C=O) groups is 1. The van der Waals surface area contributed by atoms with Crippen molar-refractivity contribution in [3.05, 3.63) is 0 Å². The van der Waals surface area contributed by atoms with E-state index in [-0.39, 0.29) is 18.2 Å². The molecule has 0 bridgehead atoms. The standard InChI is InChI=1S/C16H33NO4/c1-7-9-17-16(6,15(18)19-8-2)12-14(5)21-11-10-20-13(3)4/h13-14,17H,7-12H2,1-6H3. The third kappa shape index (κ3) is 9.06. The molecule has 0 spiro atoms. The summed E-state index contributed by atoms with van der Waals surface area (Å²) in [5.41, 5.74) is -0.704. The zero-order chi connectivity index (χ0) is 16.3. The second-order valence-corrected chi connectivity index (χ2v) is 5.78. The average molecular weight is 303 g/mol. The summed E-state index contributed by atoms with van der Waals surface area (Å²) < 4.78 is 16.3. The Kier molecular flexibility index (Phi) is 10.6. The molecule has 0 aliphatic rings. The van der Waals surface area contributed by atoms with E-state index >= 15 is 0 Å². The van der Waals surface area contributed by atoms with E-state index in [1.54, 1.807) is 0 Å². The van der Waals surface area contributed by atoms with Gasteiger partial charge in [-0.25, -0.2) is 0 Å². The predicted octanol–water partition coefficient (Wildman–Crippen LogP) is 2.53. The molecule has 0 aromatic carbocycles. The Morgan fingerprint density at radius 2 is 1.76 bits per heavy atom. The van der Waals surface area contributed by atoms with E-state index in [1.807, 2.05) is 34.6 Å². The summed E-state index contributed by atoms with van der Waals surface area (Å²) in [5, 5.41) is 3.28. The van der Waals surface area contributed by atoms with Crippen molar-refractivity contribution in [2.24, 2.45) is 0 Å². The van der Waals surface area contributed by atoms with Gasteiger partial charge in [-0.1, -0.05) is 6.92 Å². The molecule has 2 atom stereocenters. The Bertz CT molecular complexity index is 283. The summed E-state index contributed by atoms with van der Waals surface area (Å²) in [5.74, 6) is -0.215. The van der Waals surface area contributed by atoms with Crippen LogP contribution < -0.4 is 5.32 Å². The smallest absolute Gasteiger partial charge is 0.326 e. The van der Waals surface area contributed by atoms with Crippen LogP contribution in [0.3, 0.4) is 0 Å². The Hall–Kier alpha value is -0.650. The van der Waals surface area contributed by atoms with E-state index in [4.69, 9.17) is 14.2 Å². The van der Waals surface area contributed by atoms with Crippen molar-refractivity contribution < 1.29 is 19.0 Å². The highest BCUT2D eigenvalue weighted by atomic mass is 16.5. The zero-order valence-corrected chi connectivity index (χ0v) is 14.5. The van der Waals surface area contributed by atoms with Gasteiger partial charge in [0.2, 0.25) is 0 Å². The van der Waals surface area contributed by atoms with Gasteiger partial charge in [-0.05, 0) is 47.6 Å². The zero-order valence-electron chi connectivity index (χ0n) is 14.5. The number of carbonyl (C=O) groups excluding carboxylic acids is 1. The second-order valence-electron chi connectivity index (χ2n) is 5.78. The molecule has 0 aliphatic heterocycles. The summed E-state index contributed by atoms with van der Waals surface area (Å²) in [6.45, 7) is 14.0. The van der Waals surface area contributed by atoms with Crippen molar-refractivity contribution >= 4 is 5.97 Å². The van der Waals surface area contributed by atoms with Crippen LogP contribution in [0.2, 0.25) is 0 Å². The molecule has 0 amide bonds. The van der Waals surface area contributed by atoms with E-state index in [2.05, 4.69) is 12.2 Å². The molecule has 5 heteroatoms. The second kappa shape index (κ2) is 11.0. The molecule has 21 heavy (non-hydrogen) atoms. The van der Waals surface area contributed by atoms with Crippen LogP contribution >= 0.6 is 0 Å². The lowest BCUT2D eigenvalue weighted by Crippen LogP contribution is -2.52. The van der Waals surface area contributed by atoms with Crippen molar-refractivity contribution in [2.45, 2.75) is 72.1 Å². The van der Waals surface area contributed by atoms with Gasteiger partial charge in [0.25, 0.3) is 0 Å². The van der Waals surface area contributed by atoms with Crippen LogP contribution in [0.25, 0.3) is 0 Å². The first-order valence-electron chi connectivity index (χ1n) is 8.01. The van der Waals surface area contributed by atoms with Gasteiger partial charge in [0.1, 0.15) is 5.54 Å². The third-order valence-corrected chi connectivity index (χ3v) is 3.12. The molecule has 0 saturated carbocycles. The van der Waals surface area contributed by atoms with Gasteiger partial charge in [0, 0.05) is 6.42 Å². The molecule has 0 heterocycles. The van der Waals surface area contributed by atoms with Crippen molar-refractivity contribution in [1.82, 2.24) is 5.32 Å². The highest BCUT2D eigenvalue weighted by Crippen LogP contribution is 2.17. The van der Waals surface area contributed by atoms with E-state index < -0.39 is 5.54 Å². The lowest BCUT2D eigenvalue weighted by Gasteiger charge is -2.31. The van der Waals surface area contributed by atoms with Gasteiger partial charge in [0.05, 0.1) is 32.0 Å². The number of hydrogen-bond donors (Lipinski definition) is 1. The lowest BCUT2D eigenvalue weighted by molar-refractivity contribution is -0.152. The van der Waals surface area contributed by atoms with Crippen molar-refractivity contribution in [2.75, 3.05) is 26.4 Å². The summed E-state index contributed by atoms with van der Waals surface area (Å²) in [6.07, 6.45) is 1.71. The first kappa shape index (κ1) is 20.3. The molecular formula is C16H33NO4. The Morgan fingerprint density at radius 3 is 2.29 bits per heavy atom. The van der Waals surface area contributed by atoms with Gasteiger partial charge in [-0.15, -0.1) is 0 Å². The maximum absolute atomic E-state index is 12.2. The molecule has 2 unspecified atom stereocenters. The van der Waals surface area contributed by atoms with Crippen molar-refractivity contribution in [3.8, 4) is 0 Å². The fourth-order valence-electron chi connectivity index (χ4n) is 2.09. The van der Waals surface area contributed by atoms with Crippen LogP contribution in [0.4, 0.5) is 0 Å². The van der Waals surface area contributed by atoms with Crippen LogP contribution in [0.1, 0.15) is 54.4 Å². The molecule has 0 aromatic rings. The van der Waals surface area contributed by atoms with Crippen LogP contribution in [0.5, 0.6) is 0 Å². The molecule has 0 fully saturated rings. The number of rotatable bonds is 12. The molecule has 1 N–H and O–H groups in total. The Morgan fingerprint density at radius 1 is 1.14 bits per heavy atom. The van der Waals surface area contributed by atoms with Crippen molar-refractivity contribution in [3.63, 3.8) is 0 Å². The normalized spacial score (nSPS) is 15.8. The summed E-state index contributed by atoms with van der Waals surface area (Å²) in [6, 6.07) is 0. The van der Waals surface area contributed by atoms with Crippen LogP contribution in [-0.2, 0) is 19.0 Å². The maximum atomic E-state index is 12.2. The first-order chi connectivity index (χ1) is 9.85. The third-order valence-electron chi connectivity index (χ3n) is 3.12. The molecule has 0 aromatic heterocycles. The quantitative estimate of drug-likeness (QED) is 0.443. The molecule has 0 rings (SSSR count). The number of nitrogens with one attached hydrogen (secondary N) is 1. The largest absolute Gasteiger partial charge is 0.465 e. The lowest BCUT2D eigenvalue weighted by atomic mass is 9.94. The summed E-state index contributed by atoms with van der Waals surface area (Å²) in [4.78, 5) is 12.2. The number of hydrogen-bond acceptors (Lipinski definition) is 5. The Balaban J connectivity index is 4.34. The van der Waals surface area contributed by atoms with Crippen LogP contribution in [0.15, 0.2) is 0 Å². The molecule has 0 saturated heterocycles. The monoisotopic (exact) mass is 303 g/mol. The summed E-state index contributed by atoms with van der Waals surface area (Å²) >= 11 is 0. The van der Waals surface area contributed by atoms with Gasteiger partial charge < -0.3 is 19.5 Å². The molecule has 126 valence electrons. The maximum Gasteiger partial charge on any atom is 0.326 e. The van der Waals surface area contributed by atoms with E-state index in [1.165, 1.54) is 0 Å². The fraction of sp³-hybridized carbons (Fsp3) is 0.938. The minimum atomic E-state index is -0.704. The topological polar surface area (TPSA) is 56.8 Å². The molecule has 0 aliphatic carbocycles. The van der Waals surface area contributed by atoms with E-state index in [0.717, 1.165) is 13.0 Å². The SMILES string of the molecule is CCCNC(C)(CC(C)OCCOC(C)C)C(=O)OCC. The van der Waals surface area contributed by atoms with E-state index in [0.29, 0.717) is 26.2 Å². The van der Waals surface area contributed by atoms with Gasteiger partial charge in [0.15, 0.2) is 0 Å². The highest BCUT2D eigenvalue weighted by Gasteiger charge is 2.35. The predicted molar refractivity (Wildman–Crippen MR) is 84.5 cm³/mol. The van der Waals surface area contributed by atoms with E-state index in [9.17, 15) is 4.79 Å².